The maximum Gasteiger partial charge on any atom is 0.220 e. The first-order valence-electron chi connectivity index (χ1n) is 8.26. The van der Waals surface area contributed by atoms with Gasteiger partial charge in [-0.15, -0.1) is 0 Å². The van der Waals surface area contributed by atoms with Gasteiger partial charge in [-0.1, -0.05) is 32.6 Å². The number of nitrogens with one attached hydrogen (secondary N) is 1. The molecule has 0 fully saturated rings. The van der Waals surface area contributed by atoms with Crippen molar-refractivity contribution < 1.29 is 27.4 Å². The van der Waals surface area contributed by atoms with Gasteiger partial charge in [-0.05, 0) is 6.42 Å². The van der Waals surface area contributed by atoms with Crippen LogP contribution in [-0.4, -0.2) is 74.1 Å². The summed E-state index contributed by atoms with van der Waals surface area (Å²) in [4.78, 5) is 11.7. The topological polar surface area (TPSA) is 107 Å². The third-order valence-corrected chi connectivity index (χ3v) is 4.44. The summed E-state index contributed by atoms with van der Waals surface area (Å²) in [6, 6.07) is 0. The zero-order chi connectivity index (χ0) is 17.9. The average molecular weight is 352 g/mol. The number of carbonyl (C=O) groups excluding carboxylic acids is 1. The molecule has 0 aliphatic carbocycles. The Morgan fingerprint density at radius 1 is 1.22 bits per heavy atom. The highest BCUT2D eigenvalue weighted by atomic mass is 32.2. The minimum Gasteiger partial charge on any atom is -0.748 e. The fourth-order valence-corrected chi connectivity index (χ4v) is 3.00. The molecule has 1 unspecified atom stereocenters. The Labute approximate surface area is 140 Å². The fraction of sp³-hybridized carbons (Fsp3) is 0.933. The molecule has 0 rings (SSSR count). The molecule has 0 aliphatic rings. The van der Waals surface area contributed by atoms with Crippen LogP contribution < -0.4 is 5.32 Å². The first-order valence-corrected chi connectivity index (χ1v) is 9.84. The molecule has 0 aromatic heterocycles. The van der Waals surface area contributed by atoms with Crippen molar-refractivity contribution >= 4 is 16.0 Å². The molecule has 0 saturated heterocycles. The predicted molar refractivity (Wildman–Crippen MR) is 88.8 cm³/mol. The lowest BCUT2D eigenvalue weighted by atomic mass is 10.1. The summed E-state index contributed by atoms with van der Waals surface area (Å²) in [5.41, 5.74) is 0. The number of quaternary nitrogens is 1. The van der Waals surface area contributed by atoms with E-state index < -0.39 is 22.0 Å². The standard InChI is InChI=1S/C15H32N2O5S/c1-4-5-6-7-8-9-15(19)16-10-11-17(2,3)12-14(18)13-23(20,21)22/h14,18H,4-13H2,1-3H3,(H-,16,19,20,21,22). The van der Waals surface area contributed by atoms with Crippen LogP contribution in [0.4, 0.5) is 0 Å². The van der Waals surface area contributed by atoms with Crippen LogP contribution in [-0.2, 0) is 14.9 Å². The highest BCUT2D eigenvalue weighted by Gasteiger charge is 2.22. The third kappa shape index (κ3) is 14.6. The lowest BCUT2D eigenvalue weighted by Crippen LogP contribution is -2.50. The van der Waals surface area contributed by atoms with E-state index in [9.17, 15) is 22.9 Å². The lowest BCUT2D eigenvalue weighted by molar-refractivity contribution is -0.891. The van der Waals surface area contributed by atoms with Gasteiger partial charge in [0.05, 0.1) is 43.1 Å². The molecule has 8 heteroatoms. The van der Waals surface area contributed by atoms with E-state index in [1.165, 1.54) is 12.8 Å². The number of hydrogen-bond donors (Lipinski definition) is 2. The smallest absolute Gasteiger partial charge is 0.220 e. The average Bonchev–Trinajstić information content (AvgIpc) is 2.35. The van der Waals surface area contributed by atoms with Crippen LogP contribution >= 0.6 is 0 Å². The lowest BCUT2D eigenvalue weighted by Gasteiger charge is -2.32. The van der Waals surface area contributed by atoms with Gasteiger partial charge in [0.1, 0.15) is 12.6 Å². The molecule has 0 bridgehead atoms. The van der Waals surface area contributed by atoms with Gasteiger partial charge in [0.2, 0.25) is 5.91 Å². The molecule has 23 heavy (non-hydrogen) atoms. The molecule has 0 aliphatic heterocycles. The van der Waals surface area contributed by atoms with E-state index in [2.05, 4.69) is 12.2 Å². The van der Waals surface area contributed by atoms with Crippen molar-refractivity contribution in [3.63, 3.8) is 0 Å². The van der Waals surface area contributed by atoms with Gasteiger partial charge in [-0.25, -0.2) is 8.42 Å². The molecule has 0 spiro atoms. The van der Waals surface area contributed by atoms with Crippen molar-refractivity contribution in [2.45, 2.75) is 51.6 Å². The van der Waals surface area contributed by atoms with Crippen molar-refractivity contribution in [2.75, 3.05) is 39.5 Å². The summed E-state index contributed by atoms with van der Waals surface area (Å²) < 4.78 is 32.2. The number of aliphatic hydroxyl groups excluding tert-OH is 1. The molecule has 0 aromatic rings. The predicted octanol–water partition coefficient (Wildman–Crippen LogP) is 0.446. The van der Waals surface area contributed by atoms with Crippen molar-refractivity contribution in [1.29, 1.82) is 0 Å². The Morgan fingerprint density at radius 3 is 2.39 bits per heavy atom. The van der Waals surface area contributed by atoms with Gasteiger partial charge in [0, 0.05) is 6.42 Å². The van der Waals surface area contributed by atoms with Crippen LogP contribution in [0.1, 0.15) is 45.4 Å². The SMILES string of the molecule is CCCCCCCC(=O)NCC[N+](C)(C)CC(O)CS(=O)(=O)[O-]. The van der Waals surface area contributed by atoms with E-state index in [0.29, 0.717) is 24.0 Å². The quantitative estimate of drug-likeness (QED) is 0.284. The highest BCUT2D eigenvalue weighted by molar-refractivity contribution is 7.85. The van der Waals surface area contributed by atoms with Crippen molar-refractivity contribution in [2.24, 2.45) is 0 Å². The van der Waals surface area contributed by atoms with Crippen molar-refractivity contribution in [3.05, 3.63) is 0 Å². The Hall–Kier alpha value is -0.700. The van der Waals surface area contributed by atoms with Crippen LogP contribution in [0.2, 0.25) is 0 Å². The van der Waals surface area contributed by atoms with Gasteiger partial charge < -0.3 is 19.5 Å². The Balaban J connectivity index is 3.89. The van der Waals surface area contributed by atoms with E-state index in [1.807, 2.05) is 14.1 Å². The zero-order valence-electron chi connectivity index (χ0n) is 14.6. The number of amides is 1. The molecule has 1 atom stereocenters. The second-order valence-corrected chi connectivity index (χ2v) is 8.18. The number of hydrogen-bond acceptors (Lipinski definition) is 5. The Bertz CT molecular complexity index is 437. The van der Waals surface area contributed by atoms with E-state index in [1.54, 1.807) is 0 Å². The largest absolute Gasteiger partial charge is 0.748 e. The van der Waals surface area contributed by atoms with Crippen LogP contribution in [0.25, 0.3) is 0 Å². The molecular formula is C15H32N2O5S. The summed E-state index contributed by atoms with van der Waals surface area (Å²) in [6.07, 6.45) is 4.83. The number of aliphatic hydroxyl groups is 1. The first-order chi connectivity index (χ1) is 10.6. The highest BCUT2D eigenvalue weighted by Crippen LogP contribution is 2.05. The fourth-order valence-electron chi connectivity index (χ4n) is 2.43. The van der Waals surface area contributed by atoms with Gasteiger partial charge in [0.15, 0.2) is 0 Å². The molecule has 138 valence electrons. The normalized spacial score (nSPS) is 13.8. The number of likely N-dealkylation sites (N-methyl/N-ethyl adjacent to an activating group) is 1. The minimum absolute atomic E-state index is 0.0178. The molecule has 0 heterocycles. The van der Waals surface area contributed by atoms with Crippen LogP contribution in [0.15, 0.2) is 0 Å². The Morgan fingerprint density at radius 2 is 1.83 bits per heavy atom. The summed E-state index contributed by atoms with van der Waals surface area (Å²) in [5.74, 6) is -0.761. The number of carbonyl (C=O) groups is 1. The van der Waals surface area contributed by atoms with E-state index in [4.69, 9.17) is 0 Å². The second-order valence-electron chi connectivity index (χ2n) is 6.73. The van der Waals surface area contributed by atoms with Crippen LogP contribution in [0.3, 0.4) is 0 Å². The van der Waals surface area contributed by atoms with Crippen LogP contribution in [0, 0.1) is 0 Å². The zero-order valence-corrected chi connectivity index (χ0v) is 15.4. The monoisotopic (exact) mass is 352 g/mol. The molecule has 0 saturated carbocycles. The van der Waals surface area contributed by atoms with Crippen molar-refractivity contribution in [3.8, 4) is 0 Å². The summed E-state index contributed by atoms with van der Waals surface area (Å²) in [5, 5.41) is 12.5. The van der Waals surface area contributed by atoms with Gasteiger partial charge in [-0.2, -0.15) is 0 Å². The minimum atomic E-state index is -4.43. The van der Waals surface area contributed by atoms with Gasteiger partial charge in [-0.3, -0.25) is 4.79 Å². The van der Waals surface area contributed by atoms with Crippen LogP contribution in [0.5, 0.6) is 0 Å². The summed E-state index contributed by atoms with van der Waals surface area (Å²) in [6.45, 7) is 3.31. The van der Waals surface area contributed by atoms with E-state index in [0.717, 1.165) is 19.3 Å². The second kappa shape index (κ2) is 11.0. The molecule has 7 nitrogen and oxygen atoms in total. The van der Waals surface area contributed by atoms with Crippen molar-refractivity contribution in [1.82, 2.24) is 5.32 Å². The van der Waals surface area contributed by atoms with Gasteiger partial charge >= 0.3 is 0 Å². The molecule has 0 aromatic carbocycles. The summed E-state index contributed by atoms with van der Waals surface area (Å²) in [7, 11) is -0.793. The first kappa shape index (κ1) is 22.3. The summed E-state index contributed by atoms with van der Waals surface area (Å²) >= 11 is 0. The molecular weight excluding hydrogens is 320 g/mol. The Kier molecular flexibility index (Phi) is 10.6. The number of nitrogens with zero attached hydrogens (tertiary/aromatic N) is 1. The molecule has 1 amide bonds. The molecule has 2 N–H and O–H groups in total. The molecule has 0 radical (unpaired) electrons. The maximum atomic E-state index is 11.7. The third-order valence-electron chi connectivity index (χ3n) is 3.65. The number of rotatable bonds is 13. The van der Waals surface area contributed by atoms with E-state index in [-0.39, 0.29) is 12.5 Å². The van der Waals surface area contributed by atoms with E-state index >= 15 is 0 Å². The number of unbranched alkanes of at least 4 members (excludes halogenated alkanes) is 4. The maximum absolute atomic E-state index is 11.7. The van der Waals surface area contributed by atoms with Gasteiger partial charge in [0.25, 0.3) is 0 Å².